The van der Waals surface area contributed by atoms with E-state index in [0.717, 1.165) is 29.2 Å². The Morgan fingerprint density at radius 1 is 1.19 bits per heavy atom. The predicted octanol–water partition coefficient (Wildman–Crippen LogP) is 4.01. The largest absolute Gasteiger partial charge is 0.311 e. The molecule has 2 nitrogen and oxygen atoms in total. The van der Waals surface area contributed by atoms with Gasteiger partial charge in [-0.05, 0) is 36.9 Å². The van der Waals surface area contributed by atoms with Crippen molar-refractivity contribution < 1.29 is 0 Å². The average molecular weight is 313 g/mol. The Bertz CT molecular complexity index is 306. The van der Waals surface area contributed by atoms with Gasteiger partial charge in [0.25, 0.3) is 0 Å². The van der Waals surface area contributed by atoms with Gasteiger partial charge in [-0.25, -0.2) is 0 Å². The molecule has 0 radical (unpaired) electrons. The number of rotatable bonds is 6. The van der Waals surface area contributed by atoms with Crippen LogP contribution in [0.15, 0.2) is 0 Å². The zero-order chi connectivity index (χ0) is 15.4. The molecule has 1 heterocycles. The van der Waals surface area contributed by atoms with Gasteiger partial charge in [0, 0.05) is 36.5 Å². The van der Waals surface area contributed by atoms with E-state index in [1.807, 2.05) is 0 Å². The van der Waals surface area contributed by atoms with E-state index in [1.165, 1.54) is 44.5 Å². The van der Waals surface area contributed by atoms with E-state index in [1.54, 1.807) is 0 Å². The summed E-state index contributed by atoms with van der Waals surface area (Å²) in [5, 5.41) is 4.72. The molecule has 2 fully saturated rings. The van der Waals surface area contributed by atoms with Gasteiger partial charge in [-0.2, -0.15) is 11.8 Å². The number of nitrogens with one attached hydrogen (secondary N) is 1. The second-order valence-electron chi connectivity index (χ2n) is 7.73. The monoisotopic (exact) mass is 312 g/mol. The van der Waals surface area contributed by atoms with Crippen LogP contribution in [0.4, 0.5) is 0 Å². The second-order valence-corrected chi connectivity index (χ2v) is 9.25. The van der Waals surface area contributed by atoms with E-state index in [4.69, 9.17) is 0 Å². The Kier molecular flexibility index (Phi) is 6.89. The first kappa shape index (κ1) is 17.6. The summed E-state index contributed by atoms with van der Waals surface area (Å²) in [4.78, 5) is 2.91. The summed E-state index contributed by atoms with van der Waals surface area (Å²) >= 11 is 2.21. The van der Waals surface area contributed by atoms with Crippen molar-refractivity contribution in [2.75, 3.05) is 18.8 Å². The molecular formula is C18H36N2S. The molecule has 1 saturated heterocycles. The molecule has 1 aliphatic heterocycles. The van der Waals surface area contributed by atoms with Crippen molar-refractivity contribution in [1.82, 2.24) is 10.2 Å². The summed E-state index contributed by atoms with van der Waals surface area (Å²) < 4.78 is 0. The SMILES string of the molecule is CCSC1CCCC1N1CC(CC(C)C)NCC1C(C)C. The highest BCUT2D eigenvalue weighted by Crippen LogP contribution is 2.36. The van der Waals surface area contributed by atoms with Gasteiger partial charge < -0.3 is 5.32 Å². The summed E-state index contributed by atoms with van der Waals surface area (Å²) in [6.07, 6.45) is 5.62. The highest BCUT2D eigenvalue weighted by Gasteiger charge is 2.39. The van der Waals surface area contributed by atoms with Crippen molar-refractivity contribution in [1.29, 1.82) is 0 Å². The van der Waals surface area contributed by atoms with Gasteiger partial charge in [-0.3, -0.25) is 4.90 Å². The molecule has 2 aliphatic rings. The molecule has 0 aromatic heterocycles. The van der Waals surface area contributed by atoms with Gasteiger partial charge >= 0.3 is 0 Å². The molecule has 0 aromatic carbocycles. The van der Waals surface area contributed by atoms with Crippen LogP contribution < -0.4 is 5.32 Å². The first-order valence-corrected chi connectivity index (χ1v) is 10.2. The van der Waals surface area contributed by atoms with Gasteiger partial charge in [0.2, 0.25) is 0 Å². The molecule has 4 atom stereocenters. The van der Waals surface area contributed by atoms with Crippen LogP contribution in [0.1, 0.15) is 60.3 Å². The third kappa shape index (κ3) is 4.62. The number of hydrogen-bond acceptors (Lipinski definition) is 3. The fraction of sp³-hybridized carbons (Fsp3) is 1.00. The summed E-state index contributed by atoms with van der Waals surface area (Å²) in [5.74, 6) is 2.82. The van der Waals surface area contributed by atoms with Crippen molar-refractivity contribution in [2.24, 2.45) is 11.8 Å². The second kappa shape index (κ2) is 8.21. The van der Waals surface area contributed by atoms with Crippen LogP contribution in [0.25, 0.3) is 0 Å². The smallest absolute Gasteiger partial charge is 0.0247 e. The third-order valence-electron chi connectivity index (χ3n) is 5.22. The fourth-order valence-corrected chi connectivity index (χ4v) is 5.56. The lowest BCUT2D eigenvalue weighted by Gasteiger charge is -2.47. The lowest BCUT2D eigenvalue weighted by molar-refractivity contribution is 0.0551. The molecule has 0 amide bonds. The molecule has 0 bridgehead atoms. The van der Waals surface area contributed by atoms with Gasteiger partial charge in [0.05, 0.1) is 0 Å². The Morgan fingerprint density at radius 2 is 1.95 bits per heavy atom. The summed E-state index contributed by atoms with van der Waals surface area (Å²) in [6.45, 7) is 14.3. The number of piperazine rings is 1. The fourth-order valence-electron chi connectivity index (χ4n) is 4.28. The summed E-state index contributed by atoms with van der Waals surface area (Å²) in [5.41, 5.74) is 0. The predicted molar refractivity (Wildman–Crippen MR) is 96.1 cm³/mol. The zero-order valence-electron chi connectivity index (χ0n) is 14.8. The molecule has 0 aromatic rings. The lowest BCUT2D eigenvalue weighted by Crippen LogP contribution is -2.62. The number of nitrogens with zero attached hydrogens (tertiary/aromatic N) is 1. The first-order valence-electron chi connectivity index (χ1n) is 9.13. The molecular weight excluding hydrogens is 276 g/mol. The minimum absolute atomic E-state index is 0.702. The molecule has 124 valence electrons. The molecule has 3 heteroatoms. The van der Waals surface area contributed by atoms with Crippen molar-refractivity contribution in [2.45, 2.75) is 83.7 Å². The van der Waals surface area contributed by atoms with Crippen LogP contribution >= 0.6 is 11.8 Å². The maximum atomic E-state index is 3.83. The first-order chi connectivity index (χ1) is 10.0. The number of hydrogen-bond donors (Lipinski definition) is 1. The van der Waals surface area contributed by atoms with Crippen molar-refractivity contribution in [3.05, 3.63) is 0 Å². The van der Waals surface area contributed by atoms with Crippen molar-refractivity contribution in [3.8, 4) is 0 Å². The van der Waals surface area contributed by atoms with Crippen LogP contribution in [-0.2, 0) is 0 Å². The zero-order valence-corrected chi connectivity index (χ0v) is 15.6. The van der Waals surface area contributed by atoms with Crippen LogP contribution in [0.5, 0.6) is 0 Å². The van der Waals surface area contributed by atoms with Crippen LogP contribution in [-0.4, -0.2) is 47.1 Å². The minimum Gasteiger partial charge on any atom is -0.311 e. The Hall–Kier alpha value is 0.270. The lowest BCUT2D eigenvalue weighted by atomic mass is 9.93. The van der Waals surface area contributed by atoms with E-state index in [9.17, 15) is 0 Å². The van der Waals surface area contributed by atoms with Crippen molar-refractivity contribution >= 4 is 11.8 Å². The maximum Gasteiger partial charge on any atom is 0.0247 e. The van der Waals surface area contributed by atoms with E-state index in [-0.39, 0.29) is 0 Å². The van der Waals surface area contributed by atoms with Gasteiger partial charge in [0.15, 0.2) is 0 Å². The molecule has 21 heavy (non-hydrogen) atoms. The van der Waals surface area contributed by atoms with E-state index in [0.29, 0.717) is 6.04 Å². The van der Waals surface area contributed by atoms with Crippen LogP contribution in [0, 0.1) is 11.8 Å². The van der Waals surface area contributed by atoms with Gasteiger partial charge in [-0.1, -0.05) is 41.0 Å². The third-order valence-corrected chi connectivity index (χ3v) is 6.53. The molecule has 1 aliphatic carbocycles. The number of thioether (sulfide) groups is 1. The van der Waals surface area contributed by atoms with Gasteiger partial charge in [-0.15, -0.1) is 0 Å². The summed E-state index contributed by atoms with van der Waals surface area (Å²) in [6, 6.07) is 2.27. The average Bonchev–Trinajstić information content (AvgIpc) is 2.86. The Labute approximate surface area is 136 Å². The minimum atomic E-state index is 0.702. The molecule has 0 spiro atoms. The normalized spacial score (nSPS) is 35.0. The molecule has 1 N–H and O–H groups in total. The van der Waals surface area contributed by atoms with Crippen molar-refractivity contribution in [3.63, 3.8) is 0 Å². The highest BCUT2D eigenvalue weighted by atomic mass is 32.2. The highest BCUT2D eigenvalue weighted by molar-refractivity contribution is 7.99. The Balaban J connectivity index is 2.06. The van der Waals surface area contributed by atoms with E-state index < -0.39 is 0 Å². The quantitative estimate of drug-likeness (QED) is 0.798. The van der Waals surface area contributed by atoms with Crippen LogP contribution in [0.3, 0.4) is 0 Å². The standard InChI is InChI=1S/C18H36N2S/c1-6-21-18-9-7-8-16(18)20-12-15(10-13(2)3)19-11-17(20)14(4)5/h13-19H,6-12H2,1-5H3. The maximum absolute atomic E-state index is 3.83. The van der Waals surface area contributed by atoms with Gasteiger partial charge in [0.1, 0.15) is 0 Å². The summed E-state index contributed by atoms with van der Waals surface area (Å²) in [7, 11) is 0. The van der Waals surface area contributed by atoms with E-state index in [2.05, 4.69) is 56.6 Å². The molecule has 2 rings (SSSR count). The van der Waals surface area contributed by atoms with E-state index >= 15 is 0 Å². The topological polar surface area (TPSA) is 15.3 Å². The molecule has 4 unspecified atom stereocenters. The molecule has 1 saturated carbocycles. The van der Waals surface area contributed by atoms with Crippen LogP contribution in [0.2, 0.25) is 0 Å². The Morgan fingerprint density at radius 3 is 2.57 bits per heavy atom.